The summed E-state index contributed by atoms with van der Waals surface area (Å²) in [5, 5.41) is 3.30. The van der Waals surface area contributed by atoms with Crippen LogP contribution in [0.25, 0.3) is 0 Å². The molecule has 0 amide bonds. The van der Waals surface area contributed by atoms with Gasteiger partial charge >= 0.3 is 0 Å². The van der Waals surface area contributed by atoms with Crippen molar-refractivity contribution in [3.05, 3.63) is 0 Å². The molecule has 0 aromatic carbocycles. The lowest BCUT2D eigenvalue weighted by Gasteiger charge is -2.28. The third-order valence-corrected chi connectivity index (χ3v) is 4.92. The summed E-state index contributed by atoms with van der Waals surface area (Å²) < 4.78 is 26.5. The van der Waals surface area contributed by atoms with Gasteiger partial charge in [0.1, 0.15) is 0 Å². The predicted molar refractivity (Wildman–Crippen MR) is 71.4 cm³/mol. The highest BCUT2D eigenvalue weighted by Crippen LogP contribution is 2.17. The third kappa shape index (κ3) is 5.84. The van der Waals surface area contributed by atoms with Gasteiger partial charge in [-0.25, -0.2) is 13.1 Å². The highest BCUT2D eigenvalue weighted by Gasteiger charge is 2.23. The molecule has 0 aromatic rings. The van der Waals surface area contributed by atoms with Crippen LogP contribution in [0.1, 0.15) is 40.0 Å². The maximum Gasteiger partial charge on any atom is 0.211 e. The van der Waals surface area contributed by atoms with E-state index in [1.807, 2.05) is 20.8 Å². The molecule has 5 heteroatoms. The van der Waals surface area contributed by atoms with Crippen LogP contribution in [0.3, 0.4) is 0 Å². The molecule has 1 rings (SSSR count). The van der Waals surface area contributed by atoms with Crippen LogP contribution in [0, 0.1) is 11.8 Å². The number of piperidine rings is 1. The molecular weight excluding hydrogens is 236 g/mol. The first-order valence-electron chi connectivity index (χ1n) is 6.61. The molecule has 17 heavy (non-hydrogen) atoms. The molecule has 2 N–H and O–H groups in total. The Hall–Kier alpha value is -0.130. The average molecular weight is 262 g/mol. The number of sulfonamides is 1. The monoisotopic (exact) mass is 262 g/mol. The number of rotatable bonds is 6. The van der Waals surface area contributed by atoms with Crippen molar-refractivity contribution in [3.8, 4) is 0 Å². The van der Waals surface area contributed by atoms with Crippen LogP contribution < -0.4 is 10.0 Å². The normalized spacial score (nSPS) is 20.7. The lowest BCUT2D eigenvalue weighted by Crippen LogP contribution is -2.43. The topological polar surface area (TPSA) is 58.2 Å². The maximum absolute atomic E-state index is 11.9. The van der Waals surface area contributed by atoms with E-state index in [0.717, 1.165) is 32.4 Å². The summed E-state index contributed by atoms with van der Waals surface area (Å²) in [6.07, 6.45) is 2.86. The molecule has 1 aliphatic heterocycles. The summed E-state index contributed by atoms with van der Waals surface area (Å²) in [6.45, 7) is 8.09. The van der Waals surface area contributed by atoms with E-state index in [0.29, 0.717) is 11.8 Å². The third-order valence-electron chi connectivity index (χ3n) is 3.42. The fourth-order valence-electron chi connectivity index (χ4n) is 2.17. The molecule has 1 unspecified atom stereocenters. The minimum atomic E-state index is -3.10. The minimum absolute atomic E-state index is 0.0641. The molecule has 1 atom stereocenters. The van der Waals surface area contributed by atoms with E-state index in [1.54, 1.807) is 0 Å². The van der Waals surface area contributed by atoms with Gasteiger partial charge in [-0.15, -0.1) is 0 Å². The van der Waals surface area contributed by atoms with Gasteiger partial charge in [0.25, 0.3) is 0 Å². The molecule has 0 aliphatic carbocycles. The van der Waals surface area contributed by atoms with Gasteiger partial charge < -0.3 is 5.32 Å². The second-order valence-electron chi connectivity index (χ2n) is 5.50. The van der Waals surface area contributed by atoms with E-state index in [1.165, 1.54) is 0 Å². The zero-order chi connectivity index (χ0) is 12.9. The van der Waals surface area contributed by atoms with E-state index in [9.17, 15) is 8.42 Å². The van der Waals surface area contributed by atoms with Gasteiger partial charge in [0.2, 0.25) is 10.0 Å². The van der Waals surface area contributed by atoms with Crippen molar-refractivity contribution in [3.63, 3.8) is 0 Å². The number of hydrogen-bond donors (Lipinski definition) is 2. The highest BCUT2D eigenvalue weighted by atomic mass is 32.2. The Balaban J connectivity index is 2.40. The molecule has 1 aliphatic rings. The zero-order valence-corrected chi connectivity index (χ0v) is 12.0. The molecule has 0 radical (unpaired) electrons. The van der Waals surface area contributed by atoms with Crippen LogP contribution >= 0.6 is 0 Å². The van der Waals surface area contributed by atoms with Gasteiger partial charge in [0.05, 0.1) is 5.75 Å². The number of hydrogen-bond acceptors (Lipinski definition) is 3. The van der Waals surface area contributed by atoms with Crippen molar-refractivity contribution in [2.75, 3.05) is 18.8 Å². The Morgan fingerprint density at radius 1 is 1.24 bits per heavy atom. The largest absolute Gasteiger partial charge is 0.317 e. The van der Waals surface area contributed by atoms with Crippen molar-refractivity contribution in [1.29, 1.82) is 0 Å². The van der Waals surface area contributed by atoms with E-state index in [-0.39, 0.29) is 11.8 Å². The Morgan fingerprint density at radius 2 is 1.82 bits per heavy atom. The second-order valence-corrected chi connectivity index (χ2v) is 7.37. The Morgan fingerprint density at radius 3 is 2.35 bits per heavy atom. The van der Waals surface area contributed by atoms with E-state index in [2.05, 4.69) is 10.0 Å². The SMILES string of the molecule is CC(C)CCS(=O)(=O)NC(C)C1CCNCC1. The molecule has 1 saturated heterocycles. The summed E-state index contributed by atoms with van der Waals surface area (Å²) in [5.74, 6) is 1.16. The average Bonchev–Trinajstić information content (AvgIpc) is 2.27. The van der Waals surface area contributed by atoms with Crippen molar-refractivity contribution < 1.29 is 8.42 Å². The molecule has 102 valence electrons. The quantitative estimate of drug-likeness (QED) is 0.759. The van der Waals surface area contributed by atoms with Gasteiger partial charge in [-0.2, -0.15) is 0 Å². The zero-order valence-electron chi connectivity index (χ0n) is 11.2. The highest BCUT2D eigenvalue weighted by molar-refractivity contribution is 7.89. The smallest absolute Gasteiger partial charge is 0.211 e. The first-order chi connectivity index (χ1) is 7.91. The fourth-order valence-corrected chi connectivity index (χ4v) is 3.83. The van der Waals surface area contributed by atoms with E-state index < -0.39 is 10.0 Å². The van der Waals surface area contributed by atoms with E-state index in [4.69, 9.17) is 0 Å². The number of nitrogens with one attached hydrogen (secondary N) is 2. The molecule has 1 heterocycles. The second kappa shape index (κ2) is 6.71. The summed E-state index contributed by atoms with van der Waals surface area (Å²) in [7, 11) is -3.10. The Kier molecular flexibility index (Phi) is 5.89. The van der Waals surface area contributed by atoms with Crippen LogP contribution in [0.5, 0.6) is 0 Å². The molecule has 1 fully saturated rings. The van der Waals surface area contributed by atoms with Crippen LogP contribution in [-0.4, -0.2) is 33.3 Å². The van der Waals surface area contributed by atoms with Gasteiger partial charge in [-0.3, -0.25) is 0 Å². The summed E-state index contributed by atoms with van der Waals surface area (Å²) in [6, 6.07) is 0.0641. The summed E-state index contributed by atoms with van der Waals surface area (Å²) in [4.78, 5) is 0. The molecule has 0 saturated carbocycles. The van der Waals surface area contributed by atoms with Crippen molar-refractivity contribution in [1.82, 2.24) is 10.0 Å². The minimum Gasteiger partial charge on any atom is -0.317 e. The van der Waals surface area contributed by atoms with Crippen LogP contribution in [0.2, 0.25) is 0 Å². The van der Waals surface area contributed by atoms with Crippen LogP contribution in [-0.2, 0) is 10.0 Å². The van der Waals surface area contributed by atoms with Crippen molar-refractivity contribution in [2.45, 2.75) is 46.1 Å². The van der Waals surface area contributed by atoms with Crippen LogP contribution in [0.4, 0.5) is 0 Å². The van der Waals surface area contributed by atoms with Gasteiger partial charge in [0.15, 0.2) is 0 Å². The standard InChI is InChI=1S/C12H26N2O2S/c1-10(2)6-9-17(15,16)14-11(3)12-4-7-13-8-5-12/h10-14H,4-9H2,1-3H3. The van der Waals surface area contributed by atoms with Crippen molar-refractivity contribution >= 4 is 10.0 Å². The van der Waals surface area contributed by atoms with Gasteiger partial charge in [-0.05, 0) is 51.1 Å². The van der Waals surface area contributed by atoms with Crippen LogP contribution in [0.15, 0.2) is 0 Å². The summed E-state index contributed by atoms with van der Waals surface area (Å²) >= 11 is 0. The lowest BCUT2D eigenvalue weighted by atomic mass is 9.92. The summed E-state index contributed by atoms with van der Waals surface area (Å²) in [5.41, 5.74) is 0. The Bertz CT molecular complexity index is 308. The molecule has 0 bridgehead atoms. The first-order valence-corrected chi connectivity index (χ1v) is 8.26. The maximum atomic E-state index is 11.9. The predicted octanol–water partition coefficient (Wildman–Crippen LogP) is 1.34. The fraction of sp³-hybridized carbons (Fsp3) is 1.00. The van der Waals surface area contributed by atoms with Gasteiger partial charge in [0, 0.05) is 6.04 Å². The van der Waals surface area contributed by atoms with E-state index >= 15 is 0 Å². The first kappa shape index (κ1) is 14.9. The molecule has 0 aromatic heterocycles. The lowest BCUT2D eigenvalue weighted by molar-refractivity contribution is 0.316. The Labute approximate surface area is 106 Å². The van der Waals surface area contributed by atoms with Gasteiger partial charge in [-0.1, -0.05) is 13.8 Å². The molecular formula is C12H26N2O2S. The molecule has 4 nitrogen and oxygen atoms in total. The van der Waals surface area contributed by atoms with Crippen molar-refractivity contribution in [2.24, 2.45) is 11.8 Å². The molecule has 0 spiro atoms.